The molecule has 0 saturated carbocycles. The molecule has 0 radical (unpaired) electrons. The third kappa shape index (κ3) is 3.42. The molecule has 8 heteroatoms. The number of amides is 1. The molecule has 3 rings (SSSR count). The maximum Gasteiger partial charge on any atom is 0.322 e. The lowest BCUT2D eigenvalue weighted by atomic mass is 10.2. The molecule has 1 aromatic carbocycles. The molecule has 0 aliphatic carbocycles. The summed E-state index contributed by atoms with van der Waals surface area (Å²) in [7, 11) is 1.80. The van der Waals surface area contributed by atoms with E-state index in [0.29, 0.717) is 11.3 Å². The second kappa shape index (κ2) is 6.66. The summed E-state index contributed by atoms with van der Waals surface area (Å²) in [6, 6.07) is 9.21. The summed E-state index contributed by atoms with van der Waals surface area (Å²) in [4.78, 5) is 13.3. The van der Waals surface area contributed by atoms with Gasteiger partial charge >= 0.3 is 6.01 Å². The van der Waals surface area contributed by atoms with Crippen LogP contribution in [0.15, 0.2) is 45.8 Å². The molecule has 3 aromatic rings. The zero-order valence-electron chi connectivity index (χ0n) is 12.7. The fraction of sp³-hybridized carbons (Fsp3) is 0.200. The number of benzene rings is 1. The van der Waals surface area contributed by atoms with Gasteiger partial charge in [-0.3, -0.25) is 14.8 Å². The zero-order chi connectivity index (χ0) is 16.2. The van der Waals surface area contributed by atoms with Crippen LogP contribution in [-0.2, 0) is 7.05 Å². The van der Waals surface area contributed by atoms with E-state index in [9.17, 15) is 4.79 Å². The van der Waals surface area contributed by atoms with Crippen molar-refractivity contribution in [2.24, 2.45) is 7.05 Å². The standard InChI is InChI=1S/C15H15N5O2S/c1-3-23-12-7-5-4-6-10(12)13(21)16-15-18-17-14(22-15)11-8-9-20(2)19-11/h4-9H,3H2,1-2H3,(H,16,18,21). The van der Waals surface area contributed by atoms with Crippen LogP contribution in [0.5, 0.6) is 0 Å². The lowest BCUT2D eigenvalue weighted by Gasteiger charge is -2.06. The van der Waals surface area contributed by atoms with Gasteiger partial charge in [0.1, 0.15) is 5.69 Å². The molecule has 2 aromatic heterocycles. The quantitative estimate of drug-likeness (QED) is 0.724. The van der Waals surface area contributed by atoms with E-state index >= 15 is 0 Å². The number of carbonyl (C=O) groups excluding carboxylic acids is 1. The van der Waals surface area contributed by atoms with Gasteiger partial charge in [0.05, 0.1) is 5.56 Å². The summed E-state index contributed by atoms with van der Waals surface area (Å²) in [6.07, 6.45) is 1.77. The van der Waals surface area contributed by atoms with Crippen molar-refractivity contribution in [2.45, 2.75) is 11.8 Å². The van der Waals surface area contributed by atoms with Crippen LogP contribution in [0.1, 0.15) is 17.3 Å². The van der Waals surface area contributed by atoms with E-state index in [-0.39, 0.29) is 17.8 Å². The molecule has 1 amide bonds. The highest BCUT2D eigenvalue weighted by Gasteiger charge is 2.16. The molecular weight excluding hydrogens is 314 g/mol. The summed E-state index contributed by atoms with van der Waals surface area (Å²) >= 11 is 1.61. The monoisotopic (exact) mass is 329 g/mol. The van der Waals surface area contributed by atoms with E-state index in [1.54, 1.807) is 41.8 Å². The van der Waals surface area contributed by atoms with Gasteiger partial charge in [-0.25, -0.2) is 0 Å². The van der Waals surface area contributed by atoms with E-state index in [1.807, 2.05) is 25.1 Å². The van der Waals surface area contributed by atoms with Gasteiger partial charge in [0.2, 0.25) is 0 Å². The summed E-state index contributed by atoms with van der Waals surface area (Å²) in [6.45, 7) is 2.04. The number of aryl methyl sites for hydroxylation is 1. The average Bonchev–Trinajstić information content (AvgIpc) is 3.17. The van der Waals surface area contributed by atoms with Crippen LogP contribution in [0.25, 0.3) is 11.6 Å². The van der Waals surface area contributed by atoms with Crippen molar-refractivity contribution in [3.8, 4) is 11.6 Å². The Morgan fingerprint density at radius 1 is 1.30 bits per heavy atom. The second-order valence-corrected chi connectivity index (χ2v) is 5.98. The molecule has 0 fully saturated rings. The van der Waals surface area contributed by atoms with Gasteiger partial charge in [-0.1, -0.05) is 24.2 Å². The predicted molar refractivity (Wildman–Crippen MR) is 87.3 cm³/mol. The number of hydrogen-bond donors (Lipinski definition) is 1. The number of anilines is 1. The van der Waals surface area contributed by atoms with Gasteiger partial charge in [-0.15, -0.1) is 16.9 Å². The maximum atomic E-state index is 12.4. The Kier molecular flexibility index (Phi) is 4.42. The minimum Gasteiger partial charge on any atom is -0.401 e. The fourth-order valence-electron chi connectivity index (χ4n) is 2.01. The minimum absolute atomic E-state index is 0.0481. The van der Waals surface area contributed by atoms with Crippen LogP contribution in [0.4, 0.5) is 6.01 Å². The fourth-order valence-corrected chi connectivity index (χ4v) is 2.81. The molecule has 23 heavy (non-hydrogen) atoms. The van der Waals surface area contributed by atoms with Crippen molar-refractivity contribution in [2.75, 3.05) is 11.1 Å². The molecule has 0 spiro atoms. The Morgan fingerprint density at radius 2 is 2.13 bits per heavy atom. The van der Waals surface area contributed by atoms with Gasteiger partial charge in [-0.2, -0.15) is 5.10 Å². The van der Waals surface area contributed by atoms with Gasteiger partial charge < -0.3 is 4.42 Å². The van der Waals surface area contributed by atoms with Crippen LogP contribution >= 0.6 is 11.8 Å². The first-order valence-corrected chi connectivity index (χ1v) is 8.02. The number of aromatic nitrogens is 4. The lowest BCUT2D eigenvalue weighted by molar-refractivity contribution is 0.102. The first-order valence-electron chi connectivity index (χ1n) is 7.04. The normalized spacial score (nSPS) is 10.7. The number of thioether (sulfide) groups is 1. The molecule has 0 atom stereocenters. The summed E-state index contributed by atoms with van der Waals surface area (Å²) < 4.78 is 7.07. The van der Waals surface area contributed by atoms with Crippen LogP contribution in [-0.4, -0.2) is 31.6 Å². The number of rotatable bonds is 5. The zero-order valence-corrected chi connectivity index (χ0v) is 13.5. The SMILES string of the molecule is CCSc1ccccc1C(=O)Nc1nnc(-c2ccn(C)n2)o1. The minimum atomic E-state index is -0.280. The van der Waals surface area contributed by atoms with Gasteiger partial charge in [0.15, 0.2) is 0 Å². The van der Waals surface area contributed by atoms with E-state index in [1.165, 1.54) is 0 Å². The molecule has 2 heterocycles. The molecule has 118 valence electrons. The van der Waals surface area contributed by atoms with Crippen LogP contribution in [0.2, 0.25) is 0 Å². The average molecular weight is 329 g/mol. The molecule has 0 aliphatic heterocycles. The first-order chi connectivity index (χ1) is 11.2. The molecule has 0 unspecified atom stereocenters. The van der Waals surface area contributed by atoms with E-state index in [4.69, 9.17) is 4.42 Å². The van der Waals surface area contributed by atoms with E-state index < -0.39 is 0 Å². The van der Waals surface area contributed by atoms with E-state index in [2.05, 4.69) is 20.6 Å². The molecule has 1 N–H and O–H groups in total. The smallest absolute Gasteiger partial charge is 0.322 e. The predicted octanol–water partition coefficient (Wildman–Crippen LogP) is 2.83. The molecule has 0 saturated heterocycles. The van der Waals surface area contributed by atoms with Crippen molar-refractivity contribution in [3.63, 3.8) is 0 Å². The largest absolute Gasteiger partial charge is 0.401 e. The van der Waals surface area contributed by atoms with Crippen molar-refractivity contribution in [1.29, 1.82) is 0 Å². The molecule has 0 aliphatic rings. The van der Waals surface area contributed by atoms with Crippen molar-refractivity contribution in [1.82, 2.24) is 20.0 Å². The topological polar surface area (TPSA) is 85.8 Å². The Morgan fingerprint density at radius 3 is 2.87 bits per heavy atom. The van der Waals surface area contributed by atoms with Crippen LogP contribution < -0.4 is 5.32 Å². The number of carbonyl (C=O) groups is 1. The highest BCUT2D eigenvalue weighted by Crippen LogP contribution is 2.23. The number of nitrogens with zero attached hydrogens (tertiary/aromatic N) is 4. The Labute approximate surface area is 137 Å². The first kappa shape index (κ1) is 15.3. The lowest BCUT2D eigenvalue weighted by Crippen LogP contribution is -2.13. The highest BCUT2D eigenvalue weighted by molar-refractivity contribution is 7.99. The summed E-state index contributed by atoms with van der Waals surface area (Å²) in [5, 5.41) is 14.5. The second-order valence-electron chi connectivity index (χ2n) is 4.67. The van der Waals surface area contributed by atoms with Crippen molar-refractivity contribution >= 4 is 23.7 Å². The van der Waals surface area contributed by atoms with Crippen molar-refractivity contribution < 1.29 is 9.21 Å². The number of nitrogens with one attached hydrogen (secondary N) is 1. The Balaban J connectivity index is 1.77. The Hall–Kier alpha value is -2.61. The Bertz CT molecular complexity index is 827. The van der Waals surface area contributed by atoms with Gasteiger partial charge in [0.25, 0.3) is 11.8 Å². The van der Waals surface area contributed by atoms with Crippen LogP contribution in [0, 0.1) is 0 Å². The third-order valence-corrected chi connectivity index (χ3v) is 3.97. The number of hydrogen-bond acceptors (Lipinski definition) is 6. The maximum absolute atomic E-state index is 12.4. The summed E-state index contributed by atoms with van der Waals surface area (Å²) in [5.41, 5.74) is 1.14. The highest BCUT2D eigenvalue weighted by atomic mass is 32.2. The van der Waals surface area contributed by atoms with Crippen LogP contribution in [0.3, 0.4) is 0 Å². The van der Waals surface area contributed by atoms with Crippen molar-refractivity contribution in [3.05, 3.63) is 42.1 Å². The van der Waals surface area contributed by atoms with E-state index in [0.717, 1.165) is 10.6 Å². The molecule has 0 bridgehead atoms. The molecule has 7 nitrogen and oxygen atoms in total. The molecular formula is C15H15N5O2S. The summed E-state index contributed by atoms with van der Waals surface area (Å²) in [5.74, 6) is 0.865. The third-order valence-electron chi connectivity index (χ3n) is 3.01. The van der Waals surface area contributed by atoms with Gasteiger partial charge in [-0.05, 0) is 24.0 Å². The van der Waals surface area contributed by atoms with Gasteiger partial charge in [0, 0.05) is 18.1 Å².